The summed E-state index contributed by atoms with van der Waals surface area (Å²) in [7, 11) is 0. The zero-order chi connectivity index (χ0) is 24.5. The molecule has 0 radical (unpaired) electrons. The highest BCUT2D eigenvalue weighted by Gasteiger charge is 2.40. The number of alkyl halides is 1. The number of halogens is 1. The number of allylic oxidation sites excluding steroid dienone is 1. The molecule has 190 valence electrons. The van der Waals surface area contributed by atoms with E-state index in [0.29, 0.717) is 24.7 Å². The molecule has 0 heterocycles. The fourth-order valence-electron chi connectivity index (χ4n) is 5.62. The number of ether oxygens (including phenoxy) is 2. The largest absolute Gasteiger partial charge is 0.424 e. The van der Waals surface area contributed by atoms with E-state index in [1.54, 1.807) is 0 Å². The molecule has 34 heavy (non-hydrogen) atoms. The lowest BCUT2D eigenvalue weighted by atomic mass is 9.81. The first-order valence-corrected chi connectivity index (χ1v) is 13.3. The van der Waals surface area contributed by atoms with Crippen molar-refractivity contribution >= 4 is 17.6 Å². The lowest BCUT2D eigenvalue weighted by Gasteiger charge is -2.29. The number of aliphatic hydroxyl groups excluding tert-OH is 2. The van der Waals surface area contributed by atoms with Crippen molar-refractivity contribution in [1.29, 1.82) is 0 Å². The van der Waals surface area contributed by atoms with Gasteiger partial charge >= 0.3 is 5.97 Å². The Kier molecular flexibility index (Phi) is 10.9. The fourth-order valence-corrected chi connectivity index (χ4v) is 6.09. The molecule has 2 fully saturated rings. The second-order valence-electron chi connectivity index (χ2n) is 10.1. The maximum atomic E-state index is 12.1. The summed E-state index contributed by atoms with van der Waals surface area (Å²) in [5, 5.41) is 21.1. The average Bonchev–Trinajstić information content (AvgIpc) is 3.09. The second-order valence-corrected chi connectivity index (χ2v) is 10.7. The number of benzene rings is 1. The van der Waals surface area contributed by atoms with E-state index >= 15 is 0 Å². The van der Waals surface area contributed by atoms with Gasteiger partial charge in [0.15, 0.2) is 0 Å². The normalized spacial score (nSPS) is 26.7. The molecule has 1 aromatic carbocycles. The van der Waals surface area contributed by atoms with Crippen LogP contribution in [0.4, 0.5) is 0 Å². The smallest absolute Gasteiger partial charge is 0.337 e. The number of para-hydroxylation sites is 1. The van der Waals surface area contributed by atoms with Gasteiger partial charge < -0.3 is 19.7 Å². The van der Waals surface area contributed by atoms with Gasteiger partial charge in [-0.25, -0.2) is 4.79 Å². The quantitative estimate of drug-likeness (QED) is 0.140. The molecule has 0 saturated heterocycles. The highest BCUT2D eigenvalue weighted by molar-refractivity contribution is 6.21. The van der Waals surface area contributed by atoms with Gasteiger partial charge in [-0.1, -0.05) is 49.6 Å². The van der Waals surface area contributed by atoms with Crippen molar-refractivity contribution in [3.05, 3.63) is 41.5 Å². The maximum Gasteiger partial charge on any atom is 0.337 e. The molecule has 0 bridgehead atoms. The van der Waals surface area contributed by atoms with E-state index in [4.69, 9.17) is 21.1 Å². The standard InChI is InChI=1S/C28H41ClO5/c1-19-9-8-10-20(2)28(19)34-27(32)18-33-16-7-6-13-22-23(26(31)17-24(22)29)14-15-25(30)21-11-4-3-5-12-21/h6-10,21-26,30-31H,3-5,11-18H2,1-2H3/b7-6-/t22?,23?,24-,25-,26-/m0/s1. The molecular weight excluding hydrogens is 452 g/mol. The van der Waals surface area contributed by atoms with Crippen LogP contribution in [0.3, 0.4) is 0 Å². The summed E-state index contributed by atoms with van der Waals surface area (Å²) in [4.78, 5) is 12.1. The van der Waals surface area contributed by atoms with Gasteiger partial charge in [0, 0.05) is 5.38 Å². The fraction of sp³-hybridized carbons (Fsp3) is 0.679. The predicted molar refractivity (Wildman–Crippen MR) is 135 cm³/mol. The van der Waals surface area contributed by atoms with Crippen LogP contribution in [0.25, 0.3) is 0 Å². The lowest BCUT2D eigenvalue weighted by Crippen LogP contribution is -2.26. The minimum atomic E-state index is -0.415. The van der Waals surface area contributed by atoms with E-state index < -0.39 is 12.1 Å². The van der Waals surface area contributed by atoms with Gasteiger partial charge in [-0.2, -0.15) is 0 Å². The van der Waals surface area contributed by atoms with Crippen molar-refractivity contribution in [1.82, 2.24) is 0 Å². The van der Waals surface area contributed by atoms with Crippen LogP contribution in [-0.2, 0) is 9.53 Å². The Bertz CT molecular complexity index is 784. The van der Waals surface area contributed by atoms with Gasteiger partial charge in [-0.15, -0.1) is 11.6 Å². The van der Waals surface area contributed by atoms with Gasteiger partial charge in [0.05, 0.1) is 18.8 Å². The van der Waals surface area contributed by atoms with Crippen LogP contribution in [0, 0.1) is 31.6 Å². The number of carbonyl (C=O) groups excluding carboxylic acids is 1. The topological polar surface area (TPSA) is 76.0 Å². The molecular formula is C28H41ClO5. The molecule has 3 rings (SSSR count). The number of carbonyl (C=O) groups is 1. The summed E-state index contributed by atoms with van der Waals surface area (Å²) in [6, 6.07) is 5.75. The number of esters is 1. The first kappa shape index (κ1) is 27.2. The summed E-state index contributed by atoms with van der Waals surface area (Å²) in [5.74, 6) is 0.886. The number of rotatable bonds is 11. The van der Waals surface area contributed by atoms with E-state index in [1.165, 1.54) is 19.3 Å². The van der Waals surface area contributed by atoms with Crippen LogP contribution in [0.2, 0.25) is 0 Å². The zero-order valence-corrected chi connectivity index (χ0v) is 21.4. The third kappa shape index (κ3) is 7.81. The first-order valence-electron chi connectivity index (χ1n) is 12.9. The van der Waals surface area contributed by atoms with Crippen molar-refractivity contribution in [3.8, 4) is 5.75 Å². The number of hydrogen-bond donors (Lipinski definition) is 2. The monoisotopic (exact) mass is 492 g/mol. The average molecular weight is 493 g/mol. The number of aryl methyl sites for hydroxylation is 2. The summed E-state index contributed by atoms with van der Waals surface area (Å²) in [5.41, 5.74) is 1.84. The van der Waals surface area contributed by atoms with E-state index in [1.807, 2.05) is 44.2 Å². The van der Waals surface area contributed by atoms with Crippen molar-refractivity contribution < 1.29 is 24.5 Å². The van der Waals surface area contributed by atoms with E-state index in [9.17, 15) is 15.0 Å². The molecule has 2 aliphatic rings. The van der Waals surface area contributed by atoms with Gasteiger partial charge in [-0.05, 0) is 81.3 Å². The molecule has 0 aromatic heterocycles. The van der Waals surface area contributed by atoms with Gasteiger partial charge in [0.25, 0.3) is 0 Å². The lowest BCUT2D eigenvalue weighted by molar-refractivity contribution is -0.139. The van der Waals surface area contributed by atoms with Crippen molar-refractivity contribution in [2.45, 2.75) is 89.2 Å². The van der Waals surface area contributed by atoms with Crippen molar-refractivity contribution in [2.24, 2.45) is 17.8 Å². The molecule has 1 aromatic rings. The molecule has 5 atom stereocenters. The Labute approximate surface area is 209 Å². The maximum absolute atomic E-state index is 12.1. The van der Waals surface area contributed by atoms with Crippen LogP contribution in [-0.4, -0.2) is 47.0 Å². The minimum absolute atomic E-state index is 0.0651. The summed E-state index contributed by atoms with van der Waals surface area (Å²) < 4.78 is 10.9. The molecule has 0 spiro atoms. The summed E-state index contributed by atoms with van der Waals surface area (Å²) in [6.45, 7) is 4.02. The molecule has 6 heteroatoms. The molecule has 5 nitrogen and oxygen atoms in total. The Morgan fingerprint density at radius 1 is 1.15 bits per heavy atom. The number of hydrogen-bond acceptors (Lipinski definition) is 5. The molecule has 0 amide bonds. The van der Waals surface area contributed by atoms with Crippen molar-refractivity contribution in [3.63, 3.8) is 0 Å². The molecule has 2 N–H and O–H groups in total. The van der Waals surface area contributed by atoms with E-state index in [0.717, 1.165) is 43.2 Å². The molecule has 2 saturated carbocycles. The SMILES string of the molecule is Cc1cccc(C)c1OC(=O)COC/C=C\CC1C(CC[C@H](O)C2CCCCC2)[C@@H](O)C[C@@H]1Cl. The molecule has 2 aliphatic carbocycles. The third-order valence-corrected chi connectivity index (χ3v) is 8.10. The second kappa shape index (κ2) is 13.6. The van der Waals surface area contributed by atoms with Crippen LogP contribution < -0.4 is 4.74 Å². The zero-order valence-electron chi connectivity index (χ0n) is 20.6. The van der Waals surface area contributed by atoms with Gasteiger partial charge in [0.1, 0.15) is 12.4 Å². The van der Waals surface area contributed by atoms with E-state index in [2.05, 4.69) is 0 Å². The number of aliphatic hydroxyl groups is 2. The first-order chi connectivity index (χ1) is 16.4. The molecule has 2 unspecified atom stereocenters. The Morgan fingerprint density at radius 3 is 2.56 bits per heavy atom. The van der Waals surface area contributed by atoms with Crippen LogP contribution >= 0.6 is 11.6 Å². The van der Waals surface area contributed by atoms with E-state index in [-0.39, 0.29) is 29.9 Å². The predicted octanol–water partition coefficient (Wildman–Crippen LogP) is 5.50. The minimum Gasteiger partial charge on any atom is -0.424 e. The van der Waals surface area contributed by atoms with Crippen LogP contribution in [0.15, 0.2) is 30.4 Å². The van der Waals surface area contributed by atoms with Crippen LogP contribution in [0.5, 0.6) is 5.75 Å². The third-order valence-electron chi connectivity index (χ3n) is 7.60. The highest BCUT2D eigenvalue weighted by Crippen LogP contribution is 2.42. The van der Waals surface area contributed by atoms with Gasteiger partial charge in [0.2, 0.25) is 0 Å². The van der Waals surface area contributed by atoms with Crippen LogP contribution in [0.1, 0.15) is 68.9 Å². The van der Waals surface area contributed by atoms with Crippen molar-refractivity contribution in [2.75, 3.05) is 13.2 Å². The Morgan fingerprint density at radius 2 is 1.85 bits per heavy atom. The van der Waals surface area contributed by atoms with Gasteiger partial charge in [-0.3, -0.25) is 0 Å². The summed E-state index contributed by atoms with van der Waals surface area (Å²) in [6.07, 6.45) is 12.1. The Balaban J connectivity index is 1.38. The Hall–Kier alpha value is -1.40. The molecule has 0 aliphatic heterocycles. The highest BCUT2D eigenvalue weighted by atomic mass is 35.5. The summed E-state index contributed by atoms with van der Waals surface area (Å²) >= 11 is 6.57.